The molecule has 4 rings (SSSR count). The third-order valence-electron chi connectivity index (χ3n) is 8.01. The Morgan fingerprint density at radius 1 is 0.977 bits per heavy atom. The van der Waals surface area contributed by atoms with E-state index in [0.29, 0.717) is 79.6 Å². The first kappa shape index (κ1) is 33.3. The maximum Gasteiger partial charge on any atom is 0.295 e. The smallest absolute Gasteiger partial charge is 0.295 e. The highest BCUT2D eigenvalue weighted by atomic mass is 16.5. The summed E-state index contributed by atoms with van der Waals surface area (Å²) in [5.74, 6) is 1.13. The van der Waals surface area contributed by atoms with E-state index in [1.54, 1.807) is 30.2 Å². The number of hydrogen-bond acceptors (Lipinski definition) is 8. The lowest BCUT2D eigenvalue weighted by Gasteiger charge is -2.29. The molecule has 2 aromatic rings. The lowest BCUT2D eigenvalue weighted by molar-refractivity contribution is -0.140. The lowest BCUT2D eigenvalue weighted by Crippen LogP contribution is -2.39. The number of likely N-dealkylation sites (tertiary alicyclic amines) is 1. The summed E-state index contributed by atoms with van der Waals surface area (Å²) in [5.41, 5.74) is 1.96. The zero-order chi connectivity index (χ0) is 31.8. The average molecular weight is 609 g/mol. The number of aryl methyl sites for hydroxylation is 1. The monoisotopic (exact) mass is 608 g/mol. The Hall–Kier alpha value is -3.56. The molecule has 1 atom stereocenters. The average Bonchev–Trinajstić information content (AvgIpc) is 3.25. The van der Waals surface area contributed by atoms with Crippen LogP contribution in [0.5, 0.6) is 17.2 Å². The van der Waals surface area contributed by atoms with Crippen molar-refractivity contribution >= 4 is 17.4 Å². The predicted molar refractivity (Wildman–Crippen MR) is 170 cm³/mol. The van der Waals surface area contributed by atoms with Crippen molar-refractivity contribution in [1.82, 2.24) is 9.80 Å². The first-order valence-corrected chi connectivity index (χ1v) is 15.7. The van der Waals surface area contributed by atoms with Gasteiger partial charge in [0, 0.05) is 31.7 Å². The van der Waals surface area contributed by atoms with Crippen LogP contribution in [0.25, 0.3) is 5.76 Å². The highest BCUT2D eigenvalue weighted by molar-refractivity contribution is 6.46. The fourth-order valence-corrected chi connectivity index (χ4v) is 5.52. The number of rotatable bonds is 14. The van der Waals surface area contributed by atoms with Crippen LogP contribution in [0.1, 0.15) is 63.3 Å². The van der Waals surface area contributed by atoms with Crippen molar-refractivity contribution in [3.05, 3.63) is 58.7 Å². The maximum absolute atomic E-state index is 13.6. The second-order valence-corrected chi connectivity index (χ2v) is 12.4. The highest BCUT2D eigenvalue weighted by Gasteiger charge is 2.46. The number of methoxy groups -OCH3 is 1. The molecule has 1 N–H and O–H groups in total. The topological polar surface area (TPSA) is 97.8 Å². The highest BCUT2D eigenvalue weighted by Crippen LogP contribution is 2.42. The minimum atomic E-state index is -0.783. The van der Waals surface area contributed by atoms with E-state index in [-0.39, 0.29) is 11.3 Å². The largest absolute Gasteiger partial charge is 0.507 e. The fourth-order valence-electron chi connectivity index (χ4n) is 5.52. The van der Waals surface area contributed by atoms with Crippen molar-refractivity contribution < 1.29 is 33.6 Å². The van der Waals surface area contributed by atoms with E-state index in [4.69, 9.17) is 18.9 Å². The molecule has 2 fully saturated rings. The van der Waals surface area contributed by atoms with E-state index in [0.717, 1.165) is 31.6 Å². The zero-order valence-corrected chi connectivity index (χ0v) is 27.1. The van der Waals surface area contributed by atoms with Gasteiger partial charge in [-0.3, -0.25) is 14.5 Å². The van der Waals surface area contributed by atoms with Crippen molar-refractivity contribution in [2.24, 2.45) is 11.8 Å². The first-order valence-electron chi connectivity index (χ1n) is 15.7. The van der Waals surface area contributed by atoms with Gasteiger partial charge in [0.15, 0.2) is 11.5 Å². The van der Waals surface area contributed by atoms with Crippen LogP contribution in [0.3, 0.4) is 0 Å². The molecule has 2 aliphatic heterocycles. The fraction of sp³-hybridized carbons (Fsp3) is 0.543. The summed E-state index contributed by atoms with van der Waals surface area (Å²) in [6, 6.07) is 10.1. The van der Waals surface area contributed by atoms with Crippen molar-refractivity contribution in [2.75, 3.05) is 59.7 Å². The zero-order valence-electron chi connectivity index (χ0n) is 27.1. The van der Waals surface area contributed by atoms with E-state index in [1.807, 2.05) is 25.1 Å². The van der Waals surface area contributed by atoms with Crippen LogP contribution in [-0.4, -0.2) is 86.3 Å². The van der Waals surface area contributed by atoms with E-state index in [1.165, 1.54) is 0 Å². The lowest BCUT2D eigenvalue weighted by atomic mass is 9.93. The van der Waals surface area contributed by atoms with E-state index < -0.39 is 17.7 Å². The number of Topliss-reactive ketones (excluding diaryl/α,β-unsaturated/α-hetero) is 1. The van der Waals surface area contributed by atoms with Gasteiger partial charge in [0.05, 0.1) is 45.2 Å². The van der Waals surface area contributed by atoms with Crippen LogP contribution >= 0.6 is 0 Å². The normalized spacial score (nSPS) is 18.8. The first-order chi connectivity index (χ1) is 21.1. The molecule has 0 aromatic heterocycles. The number of aliphatic hydroxyl groups excluding tert-OH is 1. The molecule has 0 aliphatic carbocycles. The van der Waals surface area contributed by atoms with Crippen molar-refractivity contribution in [3.63, 3.8) is 0 Å². The van der Waals surface area contributed by atoms with Crippen LogP contribution < -0.4 is 14.2 Å². The summed E-state index contributed by atoms with van der Waals surface area (Å²) in [5, 5.41) is 11.7. The number of morpholine rings is 1. The van der Waals surface area contributed by atoms with E-state index in [9.17, 15) is 14.7 Å². The van der Waals surface area contributed by atoms with Gasteiger partial charge >= 0.3 is 0 Å². The molecule has 1 amide bonds. The van der Waals surface area contributed by atoms with Crippen LogP contribution in [0.2, 0.25) is 0 Å². The molecule has 2 aliphatic rings. The van der Waals surface area contributed by atoms with Gasteiger partial charge in [-0.1, -0.05) is 33.8 Å². The number of benzene rings is 2. The Kier molecular flexibility index (Phi) is 11.7. The van der Waals surface area contributed by atoms with Gasteiger partial charge < -0.3 is 29.0 Å². The second kappa shape index (κ2) is 15.4. The quantitative estimate of drug-likeness (QED) is 0.168. The summed E-state index contributed by atoms with van der Waals surface area (Å²) < 4.78 is 23.0. The van der Waals surface area contributed by atoms with Gasteiger partial charge in [-0.15, -0.1) is 0 Å². The molecule has 240 valence electrons. The SMILES string of the molecule is COc1cc(C2C(=C(O)c3ccc(OCC(C)C)cc3C)C(=O)C(=O)N2CCCN2CCOCC2)ccc1OCCC(C)C. The molecular formula is C35H48N2O7. The number of hydrogen-bond donors (Lipinski definition) is 1. The van der Waals surface area contributed by atoms with Gasteiger partial charge in [0.1, 0.15) is 11.5 Å². The van der Waals surface area contributed by atoms with Gasteiger partial charge in [-0.25, -0.2) is 0 Å². The van der Waals surface area contributed by atoms with Gasteiger partial charge in [-0.05, 0) is 73.1 Å². The minimum absolute atomic E-state index is 0.0656. The molecule has 2 heterocycles. The third kappa shape index (κ3) is 8.12. The predicted octanol–water partition coefficient (Wildman–Crippen LogP) is 5.61. The van der Waals surface area contributed by atoms with Crippen molar-refractivity contribution in [1.29, 1.82) is 0 Å². The maximum atomic E-state index is 13.6. The number of amides is 1. The third-order valence-corrected chi connectivity index (χ3v) is 8.01. The minimum Gasteiger partial charge on any atom is -0.507 e. The summed E-state index contributed by atoms with van der Waals surface area (Å²) in [6.07, 6.45) is 1.58. The number of carbonyl (C=O) groups excluding carboxylic acids is 2. The Morgan fingerprint density at radius 3 is 2.39 bits per heavy atom. The van der Waals surface area contributed by atoms with Gasteiger partial charge in [-0.2, -0.15) is 0 Å². The van der Waals surface area contributed by atoms with Crippen molar-refractivity contribution in [2.45, 2.75) is 53.5 Å². The number of carbonyl (C=O) groups is 2. The van der Waals surface area contributed by atoms with Crippen LogP contribution in [0, 0.1) is 18.8 Å². The molecular weight excluding hydrogens is 560 g/mol. The standard InChI is InChI=1S/C35H48N2O7/c1-23(2)12-17-43-29-11-8-26(21-30(29)41-6)32-31(33(38)28-10-9-27(20-25(28)5)44-22-24(3)4)34(39)35(40)37(32)14-7-13-36-15-18-42-19-16-36/h8-11,20-21,23-24,32,38H,7,12-19,22H2,1-6H3. The van der Waals surface area contributed by atoms with Crippen LogP contribution in [0.15, 0.2) is 42.0 Å². The number of ether oxygens (including phenoxy) is 4. The second-order valence-electron chi connectivity index (χ2n) is 12.4. The summed E-state index contributed by atoms with van der Waals surface area (Å²) >= 11 is 0. The molecule has 2 aromatic carbocycles. The Bertz CT molecular complexity index is 1330. The molecule has 0 radical (unpaired) electrons. The molecule has 0 bridgehead atoms. The number of aliphatic hydroxyl groups is 1. The summed E-state index contributed by atoms with van der Waals surface area (Å²) in [6.45, 7) is 15.6. The Balaban J connectivity index is 1.70. The van der Waals surface area contributed by atoms with E-state index >= 15 is 0 Å². The molecule has 2 saturated heterocycles. The number of nitrogens with zero attached hydrogens (tertiary/aromatic N) is 2. The van der Waals surface area contributed by atoms with Gasteiger partial charge in [0.2, 0.25) is 0 Å². The van der Waals surface area contributed by atoms with Crippen LogP contribution in [-0.2, 0) is 14.3 Å². The summed E-state index contributed by atoms with van der Waals surface area (Å²) in [7, 11) is 1.57. The molecule has 9 nitrogen and oxygen atoms in total. The molecule has 1 unspecified atom stereocenters. The Morgan fingerprint density at radius 2 is 1.73 bits per heavy atom. The van der Waals surface area contributed by atoms with E-state index in [2.05, 4.69) is 32.6 Å². The van der Waals surface area contributed by atoms with Crippen molar-refractivity contribution in [3.8, 4) is 17.2 Å². The summed E-state index contributed by atoms with van der Waals surface area (Å²) in [4.78, 5) is 31.1. The molecule has 44 heavy (non-hydrogen) atoms. The molecule has 0 spiro atoms. The number of ketones is 1. The van der Waals surface area contributed by atoms with Crippen LogP contribution in [0.4, 0.5) is 0 Å². The van der Waals surface area contributed by atoms with Gasteiger partial charge in [0.25, 0.3) is 11.7 Å². The Labute approximate surface area is 261 Å². The molecule has 9 heteroatoms. The molecule has 0 saturated carbocycles.